The fourth-order valence-electron chi connectivity index (χ4n) is 0.113. The van der Waals surface area contributed by atoms with Crippen molar-refractivity contribution in [2.45, 2.75) is 0 Å². The Bertz CT molecular complexity index is 112. The van der Waals surface area contributed by atoms with Crippen molar-refractivity contribution >= 4 is 17.3 Å². The molecule has 2 N–H and O–H groups in total. The SMILES string of the molecule is CNC(=S)NC#N.[H-].[Na+]. The minimum atomic E-state index is 0. The van der Waals surface area contributed by atoms with Gasteiger partial charge < -0.3 is 6.74 Å². The smallest absolute Gasteiger partial charge is 1.00 e. The van der Waals surface area contributed by atoms with E-state index in [-0.39, 0.29) is 31.0 Å². The van der Waals surface area contributed by atoms with E-state index in [2.05, 4.69) is 22.9 Å². The van der Waals surface area contributed by atoms with Crippen molar-refractivity contribution in [3.63, 3.8) is 0 Å². The van der Waals surface area contributed by atoms with E-state index in [4.69, 9.17) is 5.26 Å². The molecule has 0 heterocycles. The zero-order chi connectivity index (χ0) is 5.70. The second-order valence-electron chi connectivity index (χ2n) is 0.816. The Labute approximate surface area is 77.2 Å². The van der Waals surface area contributed by atoms with Gasteiger partial charge in [-0.25, -0.2) is 0 Å². The monoisotopic (exact) mass is 139 g/mol. The molecule has 5 heteroatoms. The first kappa shape index (κ1) is 11.0. The van der Waals surface area contributed by atoms with Crippen molar-refractivity contribution in [3.8, 4) is 6.19 Å². The number of thiocarbonyl (C=S) groups is 1. The molecule has 0 aliphatic heterocycles. The van der Waals surface area contributed by atoms with E-state index in [0.29, 0.717) is 5.11 Å². The second-order valence-corrected chi connectivity index (χ2v) is 1.22. The fraction of sp³-hybridized carbons (Fsp3) is 0.333. The van der Waals surface area contributed by atoms with Crippen LogP contribution in [-0.2, 0) is 0 Å². The first-order valence-electron chi connectivity index (χ1n) is 1.68. The maximum atomic E-state index is 7.88. The van der Waals surface area contributed by atoms with Gasteiger partial charge in [-0.15, -0.1) is 0 Å². The van der Waals surface area contributed by atoms with Gasteiger partial charge in [0.05, 0.1) is 0 Å². The van der Waals surface area contributed by atoms with Crippen molar-refractivity contribution in [1.29, 1.82) is 5.26 Å². The van der Waals surface area contributed by atoms with E-state index in [9.17, 15) is 0 Å². The molecule has 0 fully saturated rings. The molecule has 3 nitrogen and oxygen atoms in total. The molecular weight excluding hydrogens is 133 g/mol. The molecule has 0 aliphatic carbocycles. The maximum Gasteiger partial charge on any atom is 1.00 e. The number of nitrogens with zero attached hydrogens (tertiary/aromatic N) is 1. The number of nitriles is 1. The molecule has 0 bridgehead atoms. The summed E-state index contributed by atoms with van der Waals surface area (Å²) in [6, 6.07) is 0. The Morgan fingerprint density at radius 1 is 1.88 bits per heavy atom. The summed E-state index contributed by atoms with van der Waals surface area (Å²) in [5.41, 5.74) is 0. The summed E-state index contributed by atoms with van der Waals surface area (Å²) in [4.78, 5) is 0. The molecule has 8 heavy (non-hydrogen) atoms. The molecule has 0 unspecified atom stereocenters. The summed E-state index contributed by atoms with van der Waals surface area (Å²) in [6.45, 7) is 0. The van der Waals surface area contributed by atoms with Gasteiger partial charge in [-0.2, -0.15) is 5.26 Å². The molecule has 0 aromatic heterocycles. The molecule has 0 saturated heterocycles. The molecule has 0 rings (SSSR count). The molecule has 40 valence electrons. The van der Waals surface area contributed by atoms with Crippen LogP contribution in [0, 0.1) is 11.5 Å². The summed E-state index contributed by atoms with van der Waals surface area (Å²) in [6.07, 6.45) is 1.66. The van der Waals surface area contributed by atoms with Gasteiger partial charge in [-0.05, 0) is 12.2 Å². The average molecular weight is 139 g/mol. The Morgan fingerprint density at radius 3 is 2.50 bits per heavy atom. The Morgan fingerprint density at radius 2 is 2.38 bits per heavy atom. The van der Waals surface area contributed by atoms with Crippen molar-refractivity contribution in [3.05, 3.63) is 0 Å². The molecule has 0 aromatic carbocycles. The van der Waals surface area contributed by atoms with Crippen molar-refractivity contribution in [1.82, 2.24) is 10.6 Å². The molecule has 0 saturated carbocycles. The van der Waals surface area contributed by atoms with Gasteiger partial charge in [0.1, 0.15) is 0 Å². The molecule has 0 aliphatic rings. The van der Waals surface area contributed by atoms with Crippen LogP contribution in [-0.4, -0.2) is 12.2 Å². The molecule has 0 amide bonds. The van der Waals surface area contributed by atoms with Crippen LogP contribution in [0.4, 0.5) is 0 Å². The van der Waals surface area contributed by atoms with Crippen molar-refractivity contribution in [2.24, 2.45) is 0 Å². The minimum absolute atomic E-state index is 0. The van der Waals surface area contributed by atoms with Crippen LogP contribution in [0.15, 0.2) is 0 Å². The van der Waals surface area contributed by atoms with Crippen LogP contribution in [0.2, 0.25) is 0 Å². The second kappa shape index (κ2) is 7.18. The standard InChI is InChI=1S/C3H5N3S.Na.H/c1-5-3(7)6-2-4;;/h1H3,(H2,5,6,7);;/q;+1;-1. The average Bonchev–Trinajstić information content (AvgIpc) is 1.68. The third-order valence-corrected chi connectivity index (χ3v) is 0.703. The van der Waals surface area contributed by atoms with Gasteiger partial charge in [0.2, 0.25) is 0 Å². The van der Waals surface area contributed by atoms with Crippen LogP contribution in [0.3, 0.4) is 0 Å². The predicted molar refractivity (Wildman–Crippen MR) is 31.5 cm³/mol. The van der Waals surface area contributed by atoms with E-state index in [1.54, 1.807) is 13.2 Å². The zero-order valence-corrected chi connectivity index (χ0v) is 7.67. The van der Waals surface area contributed by atoms with E-state index in [1.165, 1.54) is 0 Å². The van der Waals surface area contributed by atoms with Crippen LogP contribution in [0.1, 0.15) is 1.43 Å². The maximum absolute atomic E-state index is 7.88. The summed E-state index contributed by atoms with van der Waals surface area (Å²) in [5, 5.41) is 13.0. The third-order valence-electron chi connectivity index (χ3n) is 0.396. The molecule has 0 radical (unpaired) electrons. The summed E-state index contributed by atoms with van der Waals surface area (Å²) in [7, 11) is 1.65. The molecule has 0 spiro atoms. The Kier molecular flexibility index (Phi) is 9.91. The third kappa shape index (κ3) is 6.18. The number of nitrogens with one attached hydrogen (secondary N) is 2. The number of hydrogen-bond acceptors (Lipinski definition) is 2. The first-order chi connectivity index (χ1) is 3.31. The Balaban J connectivity index is -0.000000180. The number of hydrogen-bond donors (Lipinski definition) is 2. The van der Waals surface area contributed by atoms with Crippen LogP contribution in [0.5, 0.6) is 0 Å². The van der Waals surface area contributed by atoms with Crippen molar-refractivity contribution < 1.29 is 31.0 Å². The topological polar surface area (TPSA) is 47.8 Å². The van der Waals surface area contributed by atoms with E-state index in [1.807, 2.05) is 0 Å². The Hall–Kier alpha value is 0.180. The first-order valence-corrected chi connectivity index (χ1v) is 2.09. The van der Waals surface area contributed by atoms with Crippen LogP contribution in [0.25, 0.3) is 0 Å². The van der Waals surface area contributed by atoms with Gasteiger partial charge >= 0.3 is 29.6 Å². The number of rotatable bonds is 0. The van der Waals surface area contributed by atoms with E-state index < -0.39 is 0 Å². The van der Waals surface area contributed by atoms with Crippen LogP contribution < -0.4 is 40.2 Å². The summed E-state index contributed by atoms with van der Waals surface area (Å²) in [5.74, 6) is 0. The molecule has 0 aromatic rings. The normalized spacial score (nSPS) is 5.50. The zero-order valence-electron chi connectivity index (χ0n) is 5.86. The van der Waals surface area contributed by atoms with Crippen molar-refractivity contribution in [2.75, 3.05) is 7.05 Å². The largest absolute Gasteiger partial charge is 1.00 e. The molecular formula is C3H6N3NaS. The minimum Gasteiger partial charge on any atom is -1.00 e. The van der Waals surface area contributed by atoms with E-state index >= 15 is 0 Å². The van der Waals surface area contributed by atoms with Gasteiger partial charge in [-0.1, -0.05) is 0 Å². The quantitative estimate of drug-likeness (QED) is 0.159. The molecule has 0 atom stereocenters. The van der Waals surface area contributed by atoms with Gasteiger partial charge in [0.15, 0.2) is 11.3 Å². The van der Waals surface area contributed by atoms with Gasteiger partial charge in [0, 0.05) is 7.05 Å². The van der Waals surface area contributed by atoms with E-state index in [0.717, 1.165) is 0 Å². The summed E-state index contributed by atoms with van der Waals surface area (Å²) < 4.78 is 0. The van der Waals surface area contributed by atoms with Gasteiger partial charge in [-0.3, -0.25) is 5.32 Å². The fourth-order valence-corrected chi connectivity index (χ4v) is 0.159. The van der Waals surface area contributed by atoms with Crippen LogP contribution >= 0.6 is 12.2 Å². The predicted octanol–water partition coefficient (Wildman–Crippen LogP) is -3.32. The van der Waals surface area contributed by atoms with Gasteiger partial charge in [0.25, 0.3) is 0 Å². The summed E-state index contributed by atoms with van der Waals surface area (Å²) >= 11 is 4.51.